The number of likely N-dealkylation sites (tertiary alicyclic amines) is 1. The van der Waals surface area contributed by atoms with Crippen molar-refractivity contribution in [2.75, 3.05) is 20.1 Å². The summed E-state index contributed by atoms with van der Waals surface area (Å²) < 4.78 is 0. The lowest BCUT2D eigenvalue weighted by Crippen LogP contribution is -2.20. The van der Waals surface area contributed by atoms with Crippen LogP contribution in [-0.4, -0.2) is 25.0 Å². The quantitative estimate of drug-likeness (QED) is 0.518. The van der Waals surface area contributed by atoms with Gasteiger partial charge in [0.15, 0.2) is 0 Å². The van der Waals surface area contributed by atoms with Crippen LogP contribution in [0.25, 0.3) is 0 Å². The molecule has 0 bridgehead atoms. The van der Waals surface area contributed by atoms with Crippen molar-refractivity contribution in [3.8, 4) is 0 Å². The molecular formula is C8H17N. The molecule has 1 fully saturated rings. The standard InChI is InChI=1S/C8H17N/c1-4-8(2)5-6-9(3)7-8/h4-7H2,1-3H3. The third-order valence-corrected chi connectivity index (χ3v) is 2.60. The maximum atomic E-state index is 2.42. The first-order valence-electron chi connectivity index (χ1n) is 3.85. The predicted molar refractivity (Wildman–Crippen MR) is 40.5 cm³/mol. The van der Waals surface area contributed by atoms with Crippen LogP contribution >= 0.6 is 0 Å². The molecule has 0 aliphatic carbocycles. The van der Waals surface area contributed by atoms with Gasteiger partial charge >= 0.3 is 0 Å². The molecular weight excluding hydrogens is 110 g/mol. The molecule has 1 atom stereocenters. The van der Waals surface area contributed by atoms with Gasteiger partial charge in [0.25, 0.3) is 0 Å². The second-order valence-electron chi connectivity index (χ2n) is 3.65. The molecule has 0 aromatic carbocycles. The molecule has 1 nitrogen and oxygen atoms in total. The second-order valence-corrected chi connectivity index (χ2v) is 3.65. The van der Waals surface area contributed by atoms with Crippen LogP contribution in [0, 0.1) is 5.41 Å². The van der Waals surface area contributed by atoms with Gasteiger partial charge in [-0.1, -0.05) is 13.8 Å². The molecule has 0 aromatic heterocycles. The van der Waals surface area contributed by atoms with Crippen LogP contribution in [0.1, 0.15) is 26.7 Å². The van der Waals surface area contributed by atoms with E-state index in [0.29, 0.717) is 5.41 Å². The third kappa shape index (κ3) is 1.45. The maximum Gasteiger partial charge on any atom is 0.00327 e. The van der Waals surface area contributed by atoms with Crippen molar-refractivity contribution in [3.05, 3.63) is 0 Å². The van der Waals surface area contributed by atoms with Gasteiger partial charge in [0, 0.05) is 6.54 Å². The fourth-order valence-corrected chi connectivity index (χ4v) is 1.56. The molecule has 0 radical (unpaired) electrons. The summed E-state index contributed by atoms with van der Waals surface area (Å²) in [6, 6.07) is 0. The summed E-state index contributed by atoms with van der Waals surface area (Å²) in [4.78, 5) is 2.42. The topological polar surface area (TPSA) is 3.24 Å². The highest BCUT2D eigenvalue weighted by atomic mass is 15.1. The van der Waals surface area contributed by atoms with Gasteiger partial charge in [-0.3, -0.25) is 0 Å². The number of rotatable bonds is 1. The van der Waals surface area contributed by atoms with Gasteiger partial charge < -0.3 is 4.90 Å². The van der Waals surface area contributed by atoms with Crippen LogP contribution in [-0.2, 0) is 0 Å². The molecule has 1 heteroatoms. The average Bonchev–Trinajstić information content (AvgIpc) is 2.13. The van der Waals surface area contributed by atoms with Gasteiger partial charge in [0.1, 0.15) is 0 Å². The van der Waals surface area contributed by atoms with Crippen molar-refractivity contribution < 1.29 is 0 Å². The predicted octanol–water partition coefficient (Wildman–Crippen LogP) is 1.74. The first-order chi connectivity index (χ1) is 4.16. The highest BCUT2D eigenvalue weighted by Gasteiger charge is 2.29. The molecule has 1 rings (SSSR count). The van der Waals surface area contributed by atoms with Crippen LogP contribution in [0.4, 0.5) is 0 Å². The Kier molecular flexibility index (Phi) is 1.80. The van der Waals surface area contributed by atoms with Crippen molar-refractivity contribution in [2.24, 2.45) is 5.41 Å². The van der Waals surface area contributed by atoms with Gasteiger partial charge in [0.2, 0.25) is 0 Å². The van der Waals surface area contributed by atoms with Gasteiger partial charge in [0.05, 0.1) is 0 Å². The van der Waals surface area contributed by atoms with Gasteiger partial charge in [-0.15, -0.1) is 0 Å². The minimum atomic E-state index is 0.634. The van der Waals surface area contributed by atoms with Crippen molar-refractivity contribution in [3.63, 3.8) is 0 Å². The molecule has 0 amide bonds. The molecule has 0 N–H and O–H groups in total. The molecule has 1 aliphatic heterocycles. The molecule has 1 unspecified atom stereocenters. The van der Waals surface area contributed by atoms with Crippen LogP contribution in [0.5, 0.6) is 0 Å². The fraction of sp³-hybridized carbons (Fsp3) is 1.00. The van der Waals surface area contributed by atoms with E-state index in [4.69, 9.17) is 0 Å². The van der Waals surface area contributed by atoms with Gasteiger partial charge in [-0.2, -0.15) is 0 Å². The van der Waals surface area contributed by atoms with E-state index in [1.165, 1.54) is 25.9 Å². The van der Waals surface area contributed by atoms with E-state index < -0.39 is 0 Å². The molecule has 1 heterocycles. The van der Waals surface area contributed by atoms with E-state index in [-0.39, 0.29) is 0 Å². The van der Waals surface area contributed by atoms with Crippen molar-refractivity contribution >= 4 is 0 Å². The summed E-state index contributed by atoms with van der Waals surface area (Å²) in [5.41, 5.74) is 0.634. The third-order valence-electron chi connectivity index (χ3n) is 2.60. The van der Waals surface area contributed by atoms with Crippen LogP contribution in [0.3, 0.4) is 0 Å². The monoisotopic (exact) mass is 127 g/mol. The van der Waals surface area contributed by atoms with Crippen LogP contribution < -0.4 is 0 Å². The Balaban J connectivity index is 2.45. The first kappa shape index (κ1) is 7.07. The smallest absolute Gasteiger partial charge is 0.00327 e. The van der Waals surface area contributed by atoms with E-state index in [9.17, 15) is 0 Å². The Morgan fingerprint density at radius 1 is 1.56 bits per heavy atom. The zero-order valence-corrected chi connectivity index (χ0v) is 6.78. The largest absolute Gasteiger partial charge is 0.306 e. The van der Waals surface area contributed by atoms with E-state index in [1.54, 1.807) is 0 Å². The van der Waals surface area contributed by atoms with E-state index in [0.717, 1.165) is 0 Å². The molecule has 9 heavy (non-hydrogen) atoms. The molecule has 0 spiro atoms. The Morgan fingerprint density at radius 2 is 2.22 bits per heavy atom. The van der Waals surface area contributed by atoms with E-state index in [2.05, 4.69) is 25.8 Å². The lowest BCUT2D eigenvalue weighted by atomic mass is 9.87. The zero-order valence-electron chi connectivity index (χ0n) is 6.78. The van der Waals surface area contributed by atoms with Crippen LogP contribution in [0.2, 0.25) is 0 Å². The molecule has 54 valence electrons. The van der Waals surface area contributed by atoms with E-state index in [1.807, 2.05) is 0 Å². The van der Waals surface area contributed by atoms with Crippen molar-refractivity contribution in [2.45, 2.75) is 26.7 Å². The van der Waals surface area contributed by atoms with Gasteiger partial charge in [-0.25, -0.2) is 0 Å². The Labute approximate surface area is 58.0 Å². The summed E-state index contributed by atoms with van der Waals surface area (Å²) >= 11 is 0. The SMILES string of the molecule is CCC1(C)CCN(C)C1. The highest BCUT2D eigenvalue weighted by Crippen LogP contribution is 2.31. The summed E-state index contributed by atoms with van der Waals surface area (Å²) in [5, 5.41) is 0. The average molecular weight is 127 g/mol. The van der Waals surface area contributed by atoms with Crippen molar-refractivity contribution in [1.29, 1.82) is 0 Å². The summed E-state index contributed by atoms with van der Waals surface area (Å²) in [6.45, 7) is 7.27. The Bertz CT molecular complexity index is 101. The minimum absolute atomic E-state index is 0.634. The molecule has 1 aliphatic rings. The summed E-state index contributed by atoms with van der Waals surface area (Å²) in [6.07, 6.45) is 2.72. The maximum absolute atomic E-state index is 2.42. The Morgan fingerprint density at radius 3 is 2.44 bits per heavy atom. The molecule has 0 saturated carbocycles. The molecule has 0 aromatic rings. The lowest BCUT2D eigenvalue weighted by Gasteiger charge is -2.20. The van der Waals surface area contributed by atoms with Crippen LogP contribution in [0.15, 0.2) is 0 Å². The normalized spacial score (nSPS) is 37.7. The van der Waals surface area contributed by atoms with Crippen molar-refractivity contribution in [1.82, 2.24) is 4.90 Å². The molecule has 1 saturated heterocycles. The minimum Gasteiger partial charge on any atom is -0.306 e. The first-order valence-corrected chi connectivity index (χ1v) is 3.85. The lowest BCUT2D eigenvalue weighted by molar-refractivity contribution is 0.300. The Hall–Kier alpha value is -0.0400. The fourth-order valence-electron chi connectivity index (χ4n) is 1.56. The zero-order chi connectivity index (χ0) is 6.91. The summed E-state index contributed by atoms with van der Waals surface area (Å²) in [5.74, 6) is 0. The highest BCUT2D eigenvalue weighted by molar-refractivity contribution is 4.83. The van der Waals surface area contributed by atoms with E-state index >= 15 is 0 Å². The number of nitrogens with zero attached hydrogens (tertiary/aromatic N) is 1. The summed E-state index contributed by atoms with van der Waals surface area (Å²) in [7, 11) is 2.21. The second kappa shape index (κ2) is 2.30. The van der Waals surface area contributed by atoms with Gasteiger partial charge in [-0.05, 0) is 31.8 Å². The number of hydrogen-bond acceptors (Lipinski definition) is 1. The number of hydrogen-bond donors (Lipinski definition) is 0.